The van der Waals surface area contributed by atoms with Gasteiger partial charge in [-0.2, -0.15) is 0 Å². The zero-order chi connectivity index (χ0) is 14.8. The van der Waals surface area contributed by atoms with E-state index in [9.17, 15) is 13.4 Å². The number of piperazine rings is 1. The Morgan fingerprint density at radius 1 is 1.42 bits per heavy atom. The van der Waals surface area contributed by atoms with Crippen LogP contribution in [0, 0.1) is 0 Å². The van der Waals surface area contributed by atoms with Crippen LogP contribution in [0.25, 0.3) is 0 Å². The van der Waals surface area contributed by atoms with Gasteiger partial charge in [-0.25, -0.2) is 4.79 Å². The third kappa shape index (κ3) is 4.97. The standard InChI is InChI=1S/C12H23BF2N2O2/c1-11(2,3)19-10(18)16-6-7-17(9-13(14)15)12(4,5)8-16/h6-9H2,1-5H3/p+1. The molecule has 0 radical (unpaired) electrons. The van der Waals surface area contributed by atoms with Gasteiger partial charge in [0.25, 0.3) is 0 Å². The molecule has 0 saturated carbocycles. The van der Waals surface area contributed by atoms with Crippen LogP contribution in [-0.2, 0) is 4.74 Å². The number of carbonyl (C=O) groups excluding carboxylic acids is 1. The molecule has 7 heteroatoms. The van der Waals surface area contributed by atoms with Crippen LogP contribution in [0.1, 0.15) is 34.6 Å². The highest BCUT2D eigenvalue weighted by atomic mass is 19.2. The van der Waals surface area contributed by atoms with Gasteiger partial charge in [0.05, 0.1) is 19.6 Å². The molecule has 0 bridgehead atoms. The van der Waals surface area contributed by atoms with Crippen molar-refractivity contribution in [3.63, 3.8) is 0 Å². The van der Waals surface area contributed by atoms with Gasteiger partial charge in [0.2, 0.25) is 0 Å². The summed E-state index contributed by atoms with van der Waals surface area (Å²) in [7, 11) is -2.32. The molecule has 1 N–H and O–H groups in total. The van der Waals surface area contributed by atoms with E-state index in [0.29, 0.717) is 19.6 Å². The van der Waals surface area contributed by atoms with E-state index < -0.39 is 12.9 Å². The Morgan fingerprint density at radius 2 is 2.00 bits per heavy atom. The van der Waals surface area contributed by atoms with Gasteiger partial charge >= 0.3 is 13.4 Å². The molecule has 0 spiro atoms. The number of carbonyl (C=O) groups is 1. The fourth-order valence-corrected chi connectivity index (χ4v) is 2.32. The summed E-state index contributed by atoms with van der Waals surface area (Å²) >= 11 is 0. The first-order valence-corrected chi connectivity index (χ1v) is 6.62. The molecule has 1 heterocycles. The molecule has 1 saturated heterocycles. The van der Waals surface area contributed by atoms with Crippen molar-refractivity contribution in [1.29, 1.82) is 0 Å². The molecule has 0 aliphatic carbocycles. The highest BCUT2D eigenvalue weighted by molar-refractivity contribution is 6.42. The lowest BCUT2D eigenvalue weighted by atomic mass is 9.91. The van der Waals surface area contributed by atoms with Gasteiger partial charge in [-0.05, 0) is 34.6 Å². The van der Waals surface area contributed by atoms with Crippen LogP contribution in [0.15, 0.2) is 0 Å². The number of quaternary nitrogens is 1. The number of rotatable bonds is 2. The maximum Gasteiger partial charge on any atom is 0.592 e. The van der Waals surface area contributed by atoms with Gasteiger partial charge < -0.3 is 9.64 Å². The third-order valence-electron chi connectivity index (χ3n) is 3.28. The first kappa shape index (κ1) is 16.2. The second kappa shape index (κ2) is 5.65. The van der Waals surface area contributed by atoms with Crippen LogP contribution in [0.5, 0.6) is 0 Å². The molecule has 0 aromatic heterocycles. The third-order valence-corrected chi connectivity index (χ3v) is 3.28. The highest BCUT2D eigenvalue weighted by Gasteiger charge is 2.42. The van der Waals surface area contributed by atoms with Crippen molar-refractivity contribution in [2.75, 3.05) is 26.1 Å². The minimum Gasteiger partial charge on any atom is -0.444 e. The van der Waals surface area contributed by atoms with Crippen molar-refractivity contribution in [1.82, 2.24) is 4.90 Å². The van der Waals surface area contributed by atoms with Crippen LogP contribution in [-0.4, -0.2) is 55.5 Å². The van der Waals surface area contributed by atoms with Crippen molar-refractivity contribution in [3.05, 3.63) is 0 Å². The summed E-state index contributed by atoms with van der Waals surface area (Å²) in [5, 5.41) is 0. The summed E-state index contributed by atoms with van der Waals surface area (Å²) in [5.41, 5.74) is -0.917. The molecule has 4 nitrogen and oxygen atoms in total. The second-order valence-electron chi connectivity index (χ2n) is 6.73. The number of hydrogen-bond donors (Lipinski definition) is 1. The van der Waals surface area contributed by atoms with Crippen LogP contribution < -0.4 is 4.90 Å². The monoisotopic (exact) mass is 277 g/mol. The minimum absolute atomic E-state index is 0.171. The highest BCUT2D eigenvalue weighted by Crippen LogP contribution is 2.13. The quantitative estimate of drug-likeness (QED) is 0.760. The van der Waals surface area contributed by atoms with Gasteiger partial charge in [0, 0.05) is 0 Å². The Labute approximate surface area is 114 Å². The Hall–Kier alpha value is -0.845. The lowest BCUT2D eigenvalue weighted by Gasteiger charge is -2.43. The fourth-order valence-electron chi connectivity index (χ4n) is 2.32. The molecule has 19 heavy (non-hydrogen) atoms. The van der Waals surface area contributed by atoms with Crippen molar-refractivity contribution >= 4 is 13.4 Å². The zero-order valence-electron chi connectivity index (χ0n) is 12.4. The predicted molar refractivity (Wildman–Crippen MR) is 70.6 cm³/mol. The SMILES string of the molecule is CC(C)(C)OC(=O)N1CC[NH+](CB(F)F)C(C)(C)C1. The summed E-state index contributed by atoms with van der Waals surface area (Å²) < 4.78 is 30.3. The maximum atomic E-state index is 12.5. The molecule has 0 aromatic rings. The number of amides is 1. The number of ether oxygens (including phenoxy) is 1. The van der Waals surface area contributed by atoms with Gasteiger partial charge in [-0.15, -0.1) is 0 Å². The van der Waals surface area contributed by atoms with E-state index in [4.69, 9.17) is 4.74 Å². The molecule has 1 fully saturated rings. The molecular formula is C12H24BF2N2O2+. The Kier molecular flexibility index (Phi) is 4.82. The summed E-state index contributed by atoms with van der Waals surface area (Å²) in [6.07, 6.45) is -0.536. The largest absolute Gasteiger partial charge is 0.592 e. The lowest BCUT2D eigenvalue weighted by molar-refractivity contribution is -0.944. The fraction of sp³-hybridized carbons (Fsp3) is 0.917. The number of nitrogens with one attached hydrogen (secondary N) is 1. The van der Waals surface area contributed by atoms with Gasteiger partial charge in [0.15, 0.2) is 0 Å². The van der Waals surface area contributed by atoms with E-state index in [1.54, 1.807) is 4.90 Å². The summed E-state index contributed by atoms with van der Waals surface area (Å²) in [4.78, 5) is 14.4. The Bertz CT molecular complexity index is 332. The van der Waals surface area contributed by atoms with Gasteiger partial charge in [-0.1, -0.05) is 0 Å². The molecule has 1 amide bonds. The molecule has 1 rings (SSSR count). The zero-order valence-corrected chi connectivity index (χ0v) is 12.4. The van der Waals surface area contributed by atoms with Crippen molar-refractivity contribution < 1.29 is 23.1 Å². The van der Waals surface area contributed by atoms with E-state index in [-0.39, 0.29) is 18.1 Å². The number of halogens is 2. The molecule has 1 atom stereocenters. The average Bonchev–Trinajstić information content (AvgIpc) is 2.17. The first-order chi connectivity index (χ1) is 8.51. The van der Waals surface area contributed by atoms with Gasteiger partial charge in [0.1, 0.15) is 17.6 Å². The molecule has 1 unspecified atom stereocenters. The van der Waals surface area contributed by atoms with E-state index in [0.717, 1.165) is 4.90 Å². The average molecular weight is 277 g/mol. The summed E-state index contributed by atoms with van der Waals surface area (Å²) in [6.45, 7) is 10.7. The van der Waals surface area contributed by atoms with Gasteiger partial charge in [-0.3, -0.25) is 13.5 Å². The predicted octanol–water partition coefficient (Wildman–Crippen LogP) is 0.867. The Balaban J connectivity index is 2.62. The van der Waals surface area contributed by atoms with Crippen molar-refractivity contribution in [2.45, 2.75) is 45.8 Å². The van der Waals surface area contributed by atoms with Crippen LogP contribution >= 0.6 is 0 Å². The van der Waals surface area contributed by atoms with E-state index >= 15 is 0 Å². The molecular weight excluding hydrogens is 253 g/mol. The molecule has 0 aromatic carbocycles. The van der Waals surface area contributed by atoms with Crippen LogP contribution in [0.3, 0.4) is 0 Å². The van der Waals surface area contributed by atoms with E-state index in [2.05, 4.69) is 0 Å². The smallest absolute Gasteiger partial charge is 0.444 e. The normalized spacial score (nSPS) is 23.1. The van der Waals surface area contributed by atoms with Crippen LogP contribution in [0.4, 0.5) is 13.4 Å². The second-order valence-corrected chi connectivity index (χ2v) is 6.73. The number of nitrogens with zero attached hydrogens (tertiary/aromatic N) is 1. The van der Waals surface area contributed by atoms with E-state index in [1.807, 2.05) is 34.6 Å². The molecule has 1 aliphatic heterocycles. The number of hydrogen-bond acceptors (Lipinski definition) is 2. The van der Waals surface area contributed by atoms with Crippen molar-refractivity contribution in [3.8, 4) is 0 Å². The minimum atomic E-state index is -2.32. The molecule has 1 aliphatic rings. The van der Waals surface area contributed by atoms with Crippen molar-refractivity contribution in [2.24, 2.45) is 0 Å². The summed E-state index contributed by atoms with van der Waals surface area (Å²) in [6, 6.07) is 0. The Morgan fingerprint density at radius 3 is 2.42 bits per heavy atom. The topological polar surface area (TPSA) is 34.0 Å². The lowest BCUT2D eigenvalue weighted by Crippen LogP contribution is -3.23. The first-order valence-electron chi connectivity index (χ1n) is 6.62. The summed E-state index contributed by atoms with van der Waals surface area (Å²) in [5.74, 6) is 0. The molecule has 110 valence electrons. The maximum absolute atomic E-state index is 12.5. The van der Waals surface area contributed by atoms with E-state index in [1.165, 1.54) is 0 Å². The van der Waals surface area contributed by atoms with Crippen LogP contribution in [0.2, 0.25) is 0 Å².